The maximum atomic E-state index is 13.1. The fraction of sp³-hybridized carbons (Fsp3) is 0.125. The molecule has 0 aliphatic rings. The van der Waals surface area contributed by atoms with E-state index in [-0.39, 0.29) is 22.5 Å². The molecule has 0 spiro atoms. The third-order valence-corrected chi connectivity index (χ3v) is 4.96. The zero-order valence-corrected chi connectivity index (χ0v) is 15.3. The second kappa shape index (κ2) is 7.02. The Labute approximate surface area is 154 Å². The van der Waals surface area contributed by atoms with Gasteiger partial charge in [0, 0.05) is 19.7 Å². The fourth-order valence-electron chi connectivity index (χ4n) is 1.97. The van der Waals surface area contributed by atoms with Crippen LogP contribution in [-0.4, -0.2) is 37.0 Å². The van der Waals surface area contributed by atoms with E-state index in [1.54, 1.807) is 12.1 Å². The predicted octanol–water partition coefficient (Wildman–Crippen LogP) is 3.38. The molecule has 7 nitrogen and oxygen atoms in total. The van der Waals surface area contributed by atoms with Gasteiger partial charge in [-0.1, -0.05) is 16.8 Å². The van der Waals surface area contributed by atoms with E-state index >= 15 is 0 Å². The summed E-state index contributed by atoms with van der Waals surface area (Å²) in [6, 6.07) is 9.94. The van der Waals surface area contributed by atoms with Crippen molar-refractivity contribution in [3.05, 3.63) is 53.3 Å². The van der Waals surface area contributed by atoms with E-state index in [4.69, 9.17) is 20.3 Å². The maximum Gasteiger partial charge on any atom is 0.384 e. The van der Waals surface area contributed by atoms with Crippen LogP contribution < -0.4 is 4.18 Å². The lowest BCUT2D eigenvalue weighted by molar-refractivity contribution is 0.421. The minimum Gasteiger partial charge on any atom is -0.371 e. The third-order valence-electron chi connectivity index (χ3n) is 3.35. The number of benzene rings is 2. The van der Waals surface area contributed by atoms with E-state index in [0.717, 1.165) is 10.4 Å². The lowest BCUT2D eigenvalue weighted by atomic mass is 10.2. The molecule has 0 bridgehead atoms. The van der Waals surface area contributed by atoms with Crippen molar-refractivity contribution in [1.82, 2.24) is 14.4 Å². The molecule has 0 aliphatic carbocycles. The van der Waals surface area contributed by atoms with Gasteiger partial charge in [-0.05, 0) is 42.5 Å². The monoisotopic (exact) mass is 397 g/mol. The summed E-state index contributed by atoms with van der Waals surface area (Å²) in [6.45, 7) is 0. The number of hydrogen-bond donors (Lipinski definition) is 0. The highest BCUT2D eigenvalue weighted by molar-refractivity contribution is 7.84. The largest absolute Gasteiger partial charge is 0.384 e. The first-order valence-corrected chi connectivity index (χ1v) is 9.02. The van der Waals surface area contributed by atoms with Crippen molar-refractivity contribution in [2.75, 3.05) is 14.1 Å². The van der Waals surface area contributed by atoms with E-state index in [1.807, 2.05) is 0 Å². The lowest BCUT2D eigenvalue weighted by Crippen LogP contribution is -2.26. The summed E-state index contributed by atoms with van der Waals surface area (Å²) < 4.78 is 47.6. The van der Waals surface area contributed by atoms with Crippen LogP contribution in [-0.2, 0) is 10.3 Å². The van der Waals surface area contributed by atoms with Gasteiger partial charge in [0.2, 0.25) is 5.82 Å². The van der Waals surface area contributed by atoms with Crippen LogP contribution in [0.1, 0.15) is 0 Å². The van der Waals surface area contributed by atoms with Crippen LogP contribution in [0.2, 0.25) is 5.02 Å². The molecule has 0 fully saturated rings. The van der Waals surface area contributed by atoms with E-state index in [1.165, 1.54) is 38.4 Å². The van der Waals surface area contributed by atoms with Crippen LogP contribution in [0.3, 0.4) is 0 Å². The van der Waals surface area contributed by atoms with Crippen LogP contribution in [0.25, 0.3) is 22.8 Å². The van der Waals surface area contributed by atoms with E-state index in [9.17, 15) is 12.8 Å². The van der Waals surface area contributed by atoms with Gasteiger partial charge in [0.15, 0.2) is 0 Å². The van der Waals surface area contributed by atoms with Crippen molar-refractivity contribution >= 4 is 21.9 Å². The summed E-state index contributed by atoms with van der Waals surface area (Å²) in [4.78, 5) is 4.22. The van der Waals surface area contributed by atoms with E-state index in [2.05, 4.69) is 10.1 Å². The summed E-state index contributed by atoms with van der Waals surface area (Å²) in [6.07, 6.45) is 0. The van der Waals surface area contributed by atoms with Crippen LogP contribution in [0, 0.1) is 5.82 Å². The topological polar surface area (TPSA) is 85.5 Å². The number of aromatic nitrogens is 2. The summed E-state index contributed by atoms with van der Waals surface area (Å²) in [5, 5.41) is 4.00. The van der Waals surface area contributed by atoms with E-state index < -0.39 is 16.1 Å². The maximum absolute atomic E-state index is 13.1. The zero-order chi connectivity index (χ0) is 18.9. The van der Waals surface area contributed by atoms with Gasteiger partial charge in [0.25, 0.3) is 5.89 Å². The highest BCUT2D eigenvalue weighted by Gasteiger charge is 2.17. The Hall–Kier alpha value is -2.49. The molecular formula is C16H13ClFN3O4S. The highest BCUT2D eigenvalue weighted by Crippen LogP contribution is 2.29. The Bertz CT molecular complexity index is 1040. The van der Waals surface area contributed by atoms with Gasteiger partial charge in [0.1, 0.15) is 11.6 Å². The fourth-order valence-corrected chi connectivity index (χ4v) is 2.72. The molecule has 1 heterocycles. The molecule has 0 amide bonds. The van der Waals surface area contributed by atoms with Crippen LogP contribution in [0.5, 0.6) is 5.75 Å². The van der Waals surface area contributed by atoms with Gasteiger partial charge in [-0.15, -0.1) is 0 Å². The van der Waals surface area contributed by atoms with Gasteiger partial charge in [-0.25, -0.2) is 4.39 Å². The van der Waals surface area contributed by atoms with Crippen molar-refractivity contribution in [2.45, 2.75) is 0 Å². The predicted molar refractivity (Wildman–Crippen MR) is 93.4 cm³/mol. The first-order valence-electron chi connectivity index (χ1n) is 7.28. The van der Waals surface area contributed by atoms with E-state index in [0.29, 0.717) is 11.1 Å². The normalized spacial score (nSPS) is 11.7. The Morgan fingerprint density at radius 2 is 1.85 bits per heavy atom. The quantitative estimate of drug-likeness (QED) is 0.656. The van der Waals surface area contributed by atoms with Gasteiger partial charge in [-0.3, -0.25) is 0 Å². The number of nitrogens with zero attached hydrogens (tertiary/aromatic N) is 3. The molecular weight excluding hydrogens is 385 g/mol. The molecule has 0 saturated carbocycles. The Balaban J connectivity index is 1.84. The summed E-state index contributed by atoms with van der Waals surface area (Å²) in [5.74, 6) is 0.0809. The molecule has 0 N–H and O–H groups in total. The third kappa shape index (κ3) is 3.85. The molecule has 136 valence electrons. The number of rotatable bonds is 5. The molecule has 1 aromatic heterocycles. The highest BCUT2D eigenvalue weighted by atomic mass is 35.5. The average molecular weight is 398 g/mol. The van der Waals surface area contributed by atoms with Crippen molar-refractivity contribution in [3.8, 4) is 28.6 Å². The second-order valence-electron chi connectivity index (χ2n) is 5.40. The van der Waals surface area contributed by atoms with Gasteiger partial charge in [-0.2, -0.15) is 17.7 Å². The summed E-state index contributed by atoms with van der Waals surface area (Å²) in [7, 11) is -1.10. The molecule has 26 heavy (non-hydrogen) atoms. The molecule has 0 atom stereocenters. The first kappa shape index (κ1) is 18.3. The smallest absolute Gasteiger partial charge is 0.371 e. The van der Waals surface area contributed by atoms with Crippen LogP contribution in [0.4, 0.5) is 4.39 Å². The molecule has 0 radical (unpaired) electrons. The van der Waals surface area contributed by atoms with Crippen molar-refractivity contribution in [2.24, 2.45) is 0 Å². The van der Waals surface area contributed by atoms with Crippen LogP contribution in [0.15, 0.2) is 47.0 Å². The Kier molecular flexibility index (Phi) is 4.94. The van der Waals surface area contributed by atoms with Crippen molar-refractivity contribution in [3.63, 3.8) is 0 Å². The second-order valence-corrected chi connectivity index (χ2v) is 7.55. The van der Waals surface area contributed by atoms with Crippen molar-refractivity contribution < 1.29 is 21.5 Å². The molecule has 2 aromatic carbocycles. The average Bonchev–Trinajstić information content (AvgIpc) is 3.04. The Morgan fingerprint density at radius 3 is 2.46 bits per heavy atom. The standard InChI is InChI=1S/C16H13ClFN3O4S/c1-21(2)26(22,23)25-12-6-3-10(4-7-12)15-19-16(24-20-15)13-8-5-11(18)9-14(13)17/h3-9H,1-2H3. The van der Waals surface area contributed by atoms with Gasteiger partial charge in [0.05, 0.1) is 10.6 Å². The lowest BCUT2D eigenvalue weighted by Gasteiger charge is -2.11. The van der Waals surface area contributed by atoms with Gasteiger partial charge < -0.3 is 8.71 Å². The summed E-state index contributed by atoms with van der Waals surface area (Å²) in [5.41, 5.74) is 0.983. The molecule has 0 unspecified atom stereocenters. The van der Waals surface area contributed by atoms with Gasteiger partial charge >= 0.3 is 10.3 Å². The number of hydrogen-bond acceptors (Lipinski definition) is 6. The minimum atomic E-state index is -3.83. The zero-order valence-electron chi connectivity index (χ0n) is 13.7. The molecule has 0 saturated heterocycles. The first-order chi connectivity index (χ1) is 12.3. The molecule has 0 aliphatic heterocycles. The Morgan fingerprint density at radius 1 is 1.15 bits per heavy atom. The number of halogens is 2. The molecule has 3 rings (SSSR count). The minimum absolute atomic E-state index is 0.139. The SMILES string of the molecule is CN(C)S(=O)(=O)Oc1ccc(-c2noc(-c3ccc(F)cc3Cl)n2)cc1. The molecule has 10 heteroatoms. The van der Waals surface area contributed by atoms with Crippen LogP contribution >= 0.6 is 11.6 Å². The summed E-state index contributed by atoms with van der Waals surface area (Å²) >= 11 is 5.98. The molecule has 3 aromatic rings. The van der Waals surface area contributed by atoms with Crippen molar-refractivity contribution in [1.29, 1.82) is 0 Å².